The minimum atomic E-state index is -3.24. The Hall–Kier alpha value is -1.03. The molecule has 0 aliphatic carbocycles. The number of aromatic nitrogens is 1. The second-order valence-electron chi connectivity index (χ2n) is 5.32. The number of hydrogen-bond donors (Lipinski definition) is 1. The molecule has 1 unspecified atom stereocenters. The number of ether oxygens (including phenoxy) is 1. The van der Waals surface area contributed by atoms with E-state index in [1.54, 1.807) is 6.07 Å². The normalized spacial score (nSPS) is 20.9. The zero-order valence-corrected chi connectivity index (χ0v) is 14.2. The molecule has 0 aromatic carbocycles. The molecule has 1 saturated heterocycles. The fraction of sp³-hybridized carbons (Fsp3) is 0.615. The van der Waals surface area contributed by atoms with Gasteiger partial charge in [-0.15, -0.1) is 0 Å². The summed E-state index contributed by atoms with van der Waals surface area (Å²) in [5, 5.41) is -0.0301. The van der Waals surface area contributed by atoms with E-state index in [-0.39, 0.29) is 16.8 Å². The third-order valence-corrected chi connectivity index (χ3v) is 4.87. The molecule has 1 N–H and O–H groups in total. The first kappa shape index (κ1) is 17.3. The molecule has 1 fully saturated rings. The lowest BCUT2D eigenvalue weighted by Gasteiger charge is -2.36. The van der Waals surface area contributed by atoms with Gasteiger partial charge in [0.15, 0.2) is 14.9 Å². The highest BCUT2D eigenvalue weighted by atomic mass is 32.2. The number of rotatable bonds is 5. The Bertz CT molecular complexity index is 662. The van der Waals surface area contributed by atoms with Crippen LogP contribution in [0.5, 0.6) is 0 Å². The summed E-state index contributed by atoms with van der Waals surface area (Å²) in [6.45, 7) is 3.75. The molecule has 1 aliphatic heterocycles. The monoisotopic (exact) mass is 348 g/mol. The Morgan fingerprint density at radius 3 is 2.82 bits per heavy atom. The van der Waals surface area contributed by atoms with Crippen LogP contribution in [0.3, 0.4) is 0 Å². The van der Waals surface area contributed by atoms with Gasteiger partial charge in [-0.3, -0.25) is 0 Å². The smallest absolute Gasteiger partial charge is 0.205 e. The summed E-state index contributed by atoms with van der Waals surface area (Å²) in [5.41, 5.74) is 0.464. The minimum Gasteiger partial charge on any atom is -0.377 e. The number of hydrogen-bond acceptors (Lipinski definition) is 6. The second kappa shape index (κ2) is 7.03. The molecular formula is C13H20N2O5S2. The third kappa shape index (κ3) is 4.48. The molecule has 9 heteroatoms. The first-order valence-electron chi connectivity index (χ1n) is 6.94. The fourth-order valence-corrected chi connectivity index (χ4v) is 3.66. The molecule has 7 nitrogen and oxygen atoms in total. The highest BCUT2D eigenvalue weighted by molar-refractivity contribution is 7.89. The fourth-order valence-electron chi connectivity index (χ4n) is 2.46. The molecular weight excluding hydrogens is 328 g/mol. The lowest BCUT2D eigenvalue weighted by molar-refractivity contribution is 0.0925. The second-order valence-corrected chi connectivity index (χ2v) is 8.38. The largest absolute Gasteiger partial charge is 0.377 e. The molecule has 124 valence electrons. The van der Waals surface area contributed by atoms with Crippen LogP contribution >= 0.6 is 0 Å². The summed E-state index contributed by atoms with van der Waals surface area (Å²) in [5.74, 6) is 0.335. The Morgan fingerprint density at radius 1 is 1.50 bits per heavy atom. The van der Waals surface area contributed by atoms with Crippen molar-refractivity contribution in [2.75, 3.05) is 30.9 Å². The third-order valence-electron chi connectivity index (χ3n) is 3.45. The number of morpholine rings is 1. The van der Waals surface area contributed by atoms with Crippen molar-refractivity contribution in [2.24, 2.45) is 0 Å². The lowest BCUT2D eigenvalue weighted by Crippen LogP contribution is -2.45. The average molecular weight is 348 g/mol. The van der Waals surface area contributed by atoms with Crippen LogP contribution in [0.1, 0.15) is 18.9 Å². The van der Waals surface area contributed by atoms with Crippen LogP contribution in [-0.2, 0) is 31.4 Å². The van der Waals surface area contributed by atoms with Gasteiger partial charge in [-0.05, 0) is 24.1 Å². The van der Waals surface area contributed by atoms with Gasteiger partial charge in [0.25, 0.3) is 0 Å². The number of pyridine rings is 1. The van der Waals surface area contributed by atoms with E-state index in [2.05, 4.69) is 4.98 Å². The zero-order valence-electron chi connectivity index (χ0n) is 12.6. The summed E-state index contributed by atoms with van der Waals surface area (Å²) in [7, 11) is -3.24. The Labute approximate surface area is 132 Å². The van der Waals surface area contributed by atoms with Crippen molar-refractivity contribution in [3.63, 3.8) is 0 Å². The van der Waals surface area contributed by atoms with E-state index in [1.165, 1.54) is 6.07 Å². The standard InChI is InChI=1S/C13H20N2O5S2/c1-3-11-8-20-5-4-15(11)12-6-10(9-22(2,18)19)7-13(14-12)21(16)17/h6-7,11H,3-5,8-9H2,1-2H3,(H,16,17)/t11-/m0/s1. The summed E-state index contributed by atoms with van der Waals surface area (Å²) >= 11 is -2.26. The van der Waals surface area contributed by atoms with Gasteiger partial charge in [-0.2, -0.15) is 0 Å². The summed E-state index contributed by atoms with van der Waals surface area (Å²) in [4.78, 5) is 6.22. The number of anilines is 1. The highest BCUT2D eigenvalue weighted by Crippen LogP contribution is 2.23. The molecule has 2 heterocycles. The van der Waals surface area contributed by atoms with Crippen LogP contribution in [0.4, 0.5) is 5.82 Å². The van der Waals surface area contributed by atoms with Gasteiger partial charge >= 0.3 is 0 Å². The van der Waals surface area contributed by atoms with Crippen LogP contribution in [0.2, 0.25) is 0 Å². The molecule has 0 radical (unpaired) electrons. The topological polar surface area (TPSA) is 96.8 Å². The molecule has 2 rings (SSSR count). The van der Waals surface area contributed by atoms with E-state index < -0.39 is 20.9 Å². The van der Waals surface area contributed by atoms with Gasteiger partial charge in [0.1, 0.15) is 5.82 Å². The maximum Gasteiger partial charge on any atom is 0.205 e. The van der Waals surface area contributed by atoms with Crippen LogP contribution in [0.25, 0.3) is 0 Å². The van der Waals surface area contributed by atoms with E-state index in [0.29, 0.717) is 31.1 Å². The van der Waals surface area contributed by atoms with Crippen molar-refractivity contribution in [1.82, 2.24) is 4.98 Å². The van der Waals surface area contributed by atoms with Crippen LogP contribution in [0.15, 0.2) is 17.2 Å². The minimum absolute atomic E-state index is 0.0301. The van der Waals surface area contributed by atoms with E-state index >= 15 is 0 Å². The summed E-state index contributed by atoms with van der Waals surface area (Å²) in [6.07, 6.45) is 1.97. The molecule has 0 amide bonds. The number of nitrogens with zero attached hydrogens (tertiary/aromatic N) is 2. The first-order valence-corrected chi connectivity index (χ1v) is 10.1. The van der Waals surface area contributed by atoms with Gasteiger partial charge < -0.3 is 14.2 Å². The predicted octanol–water partition coefficient (Wildman–Crippen LogP) is 0.822. The molecule has 2 atom stereocenters. The van der Waals surface area contributed by atoms with Gasteiger partial charge in [0.05, 0.1) is 25.0 Å². The van der Waals surface area contributed by atoms with Crippen LogP contribution in [-0.4, -0.2) is 54.2 Å². The Morgan fingerprint density at radius 2 is 2.23 bits per heavy atom. The highest BCUT2D eigenvalue weighted by Gasteiger charge is 2.24. The Balaban J connectivity index is 2.43. The maximum atomic E-state index is 11.5. The molecule has 0 bridgehead atoms. The maximum absolute atomic E-state index is 11.5. The Kier molecular flexibility index (Phi) is 5.54. The van der Waals surface area contributed by atoms with Gasteiger partial charge in [0.2, 0.25) is 11.1 Å². The van der Waals surface area contributed by atoms with Crippen molar-refractivity contribution in [1.29, 1.82) is 0 Å². The molecule has 22 heavy (non-hydrogen) atoms. The lowest BCUT2D eigenvalue weighted by atomic mass is 10.1. The van der Waals surface area contributed by atoms with Crippen molar-refractivity contribution in [3.8, 4) is 0 Å². The van der Waals surface area contributed by atoms with Gasteiger partial charge in [0, 0.05) is 12.8 Å². The molecule has 1 aliphatic rings. The SMILES string of the molecule is CC[C@H]1COCCN1c1cc(CS(C)(=O)=O)cc(S(=O)O)n1. The van der Waals surface area contributed by atoms with Gasteiger partial charge in [-0.1, -0.05) is 6.92 Å². The zero-order chi connectivity index (χ0) is 16.3. The van der Waals surface area contributed by atoms with Crippen molar-refractivity contribution in [2.45, 2.75) is 30.2 Å². The van der Waals surface area contributed by atoms with Crippen molar-refractivity contribution in [3.05, 3.63) is 17.7 Å². The predicted molar refractivity (Wildman–Crippen MR) is 84.1 cm³/mol. The molecule has 1 aromatic heterocycles. The first-order chi connectivity index (χ1) is 10.3. The van der Waals surface area contributed by atoms with E-state index in [1.807, 2.05) is 11.8 Å². The van der Waals surface area contributed by atoms with Crippen molar-refractivity contribution >= 4 is 26.7 Å². The summed E-state index contributed by atoms with van der Waals surface area (Å²) in [6, 6.07) is 3.16. The van der Waals surface area contributed by atoms with Crippen LogP contribution < -0.4 is 4.90 Å². The van der Waals surface area contributed by atoms with Crippen molar-refractivity contribution < 1.29 is 21.9 Å². The van der Waals surface area contributed by atoms with Crippen LogP contribution in [0, 0.1) is 0 Å². The molecule has 0 saturated carbocycles. The average Bonchev–Trinajstić information content (AvgIpc) is 2.45. The van der Waals surface area contributed by atoms with E-state index in [0.717, 1.165) is 12.7 Å². The van der Waals surface area contributed by atoms with E-state index in [4.69, 9.17) is 4.74 Å². The number of sulfone groups is 1. The molecule has 0 spiro atoms. The van der Waals surface area contributed by atoms with Gasteiger partial charge in [-0.25, -0.2) is 17.6 Å². The molecule has 1 aromatic rings. The summed E-state index contributed by atoms with van der Waals surface area (Å²) < 4.78 is 49.1. The quantitative estimate of drug-likeness (QED) is 0.787. The van der Waals surface area contributed by atoms with E-state index in [9.17, 15) is 17.2 Å².